The summed E-state index contributed by atoms with van der Waals surface area (Å²) in [4.78, 5) is 14.4. The Labute approximate surface area is 131 Å². The number of carbonyl (C=O) groups excluding carboxylic acids is 1. The van der Waals surface area contributed by atoms with E-state index in [9.17, 15) is 4.79 Å². The molecule has 1 saturated heterocycles. The fourth-order valence-corrected chi connectivity index (χ4v) is 3.23. The molecule has 1 amide bonds. The molecule has 0 spiro atoms. The van der Waals surface area contributed by atoms with Crippen molar-refractivity contribution in [2.45, 2.75) is 51.0 Å². The summed E-state index contributed by atoms with van der Waals surface area (Å²) in [5.41, 5.74) is 1.34. The lowest BCUT2D eigenvalue weighted by atomic mass is 9.96. The summed E-state index contributed by atoms with van der Waals surface area (Å²) >= 11 is 0. The fourth-order valence-electron chi connectivity index (χ4n) is 3.23. The number of nitrogens with one attached hydrogen (secondary N) is 1. The summed E-state index contributed by atoms with van der Waals surface area (Å²) in [6.07, 6.45) is 11.3. The van der Waals surface area contributed by atoms with Crippen LogP contribution in [0.25, 0.3) is 0 Å². The second-order valence-electron chi connectivity index (χ2n) is 6.19. The van der Waals surface area contributed by atoms with Crippen LogP contribution in [-0.4, -0.2) is 40.1 Å². The first-order valence-corrected chi connectivity index (χ1v) is 8.31. The third-order valence-electron chi connectivity index (χ3n) is 4.54. The monoisotopic (exact) mass is 300 g/mol. The van der Waals surface area contributed by atoms with Crippen molar-refractivity contribution in [1.29, 1.82) is 0 Å². The number of rotatable bonds is 4. The Morgan fingerprint density at radius 1 is 1.32 bits per heavy atom. The number of amides is 1. The number of piperidine rings is 1. The summed E-state index contributed by atoms with van der Waals surface area (Å²) < 4.78 is 0. The van der Waals surface area contributed by atoms with Gasteiger partial charge in [-0.1, -0.05) is 11.6 Å². The van der Waals surface area contributed by atoms with Crippen LogP contribution < -0.4 is 5.32 Å². The molecule has 0 saturated carbocycles. The Kier molecular flexibility index (Phi) is 5.03. The van der Waals surface area contributed by atoms with Crippen molar-refractivity contribution in [3.8, 4) is 0 Å². The molecule has 0 aromatic carbocycles. The molecule has 1 aromatic heterocycles. The van der Waals surface area contributed by atoms with E-state index in [4.69, 9.17) is 0 Å². The van der Waals surface area contributed by atoms with E-state index >= 15 is 0 Å². The van der Waals surface area contributed by atoms with Crippen LogP contribution in [0, 0.1) is 0 Å². The number of nitrogens with zero attached hydrogens (tertiary/aromatic N) is 3. The van der Waals surface area contributed by atoms with Gasteiger partial charge in [-0.05, 0) is 50.7 Å². The largest absolute Gasteiger partial charge is 0.366 e. The minimum Gasteiger partial charge on any atom is -0.366 e. The lowest BCUT2D eigenvalue weighted by Gasteiger charge is -2.33. The van der Waals surface area contributed by atoms with Gasteiger partial charge in [-0.15, -0.1) is 5.10 Å². The first-order chi connectivity index (χ1) is 10.8. The van der Waals surface area contributed by atoms with Gasteiger partial charge in [0.2, 0.25) is 5.91 Å². The Hall–Kier alpha value is -1.91. The van der Waals surface area contributed by atoms with Gasteiger partial charge >= 0.3 is 0 Å². The molecule has 1 fully saturated rings. The van der Waals surface area contributed by atoms with Crippen LogP contribution in [0.3, 0.4) is 0 Å². The highest BCUT2D eigenvalue weighted by atomic mass is 16.2. The summed E-state index contributed by atoms with van der Waals surface area (Å²) in [6.45, 7) is 1.67. The van der Waals surface area contributed by atoms with Crippen molar-refractivity contribution in [2.75, 3.05) is 18.4 Å². The SMILES string of the molecule is O=C(CC1=CCCCC1)N1CCC(Nc2cccnn2)CC1. The molecule has 1 N–H and O–H groups in total. The lowest BCUT2D eigenvalue weighted by Crippen LogP contribution is -2.42. The van der Waals surface area contributed by atoms with Crippen molar-refractivity contribution in [1.82, 2.24) is 15.1 Å². The number of hydrogen-bond acceptors (Lipinski definition) is 4. The van der Waals surface area contributed by atoms with Gasteiger partial charge in [0.1, 0.15) is 5.82 Å². The zero-order valence-corrected chi connectivity index (χ0v) is 13.0. The molecule has 1 aliphatic carbocycles. The van der Waals surface area contributed by atoms with E-state index in [0.717, 1.165) is 44.6 Å². The molecular weight excluding hydrogens is 276 g/mol. The number of likely N-dealkylation sites (tertiary alicyclic amines) is 1. The summed E-state index contributed by atoms with van der Waals surface area (Å²) in [7, 11) is 0. The number of aromatic nitrogens is 2. The maximum absolute atomic E-state index is 12.4. The zero-order chi connectivity index (χ0) is 15.2. The number of carbonyl (C=O) groups is 1. The molecule has 2 aliphatic rings. The quantitative estimate of drug-likeness (QED) is 0.869. The molecule has 118 valence electrons. The zero-order valence-electron chi connectivity index (χ0n) is 13.0. The molecule has 0 atom stereocenters. The number of allylic oxidation sites excluding steroid dienone is 1. The van der Waals surface area contributed by atoms with Crippen molar-refractivity contribution in [3.05, 3.63) is 30.0 Å². The molecule has 5 heteroatoms. The van der Waals surface area contributed by atoms with E-state index in [0.29, 0.717) is 18.4 Å². The van der Waals surface area contributed by atoms with Crippen molar-refractivity contribution in [3.63, 3.8) is 0 Å². The molecule has 22 heavy (non-hydrogen) atoms. The molecule has 0 radical (unpaired) electrons. The average Bonchev–Trinajstić information content (AvgIpc) is 2.57. The molecular formula is C17H24N4O. The molecule has 5 nitrogen and oxygen atoms in total. The van der Waals surface area contributed by atoms with Gasteiger partial charge < -0.3 is 10.2 Å². The number of anilines is 1. The third-order valence-corrected chi connectivity index (χ3v) is 4.54. The van der Waals surface area contributed by atoms with Crippen LogP contribution in [0.5, 0.6) is 0 Å². The smallest absolute Gasteiger partial charge is 0.226 e. The van der Waals surface area contributed by atoms with Gasteiger partial charge in [-0.25, -0.2) is 0 Å². The van der Waals surface area contributed by atoms with Crippen LogP contribution in [0.4, 0.5) is 5.82 Å². The van der Waals surface area contributed by atoms with Gasteiger partial charge in [0.05, 0.1) is 0 Å². The first kappa shape index (κ1) is 15.0. The lowest BCUT2D eigenvalue weighted by molar-refractivity contribution is -0.131. The van der Waals surface area contributed by atoms with E-state index in [2.05, 4.69) is 21.6 Å². The number of hydrogen-bond donors (Lipinski definition) is 1. The molecule has 0 unspecified atom stereocenters. The van der Waals surface area contributed by atoms with Gasteiger partial charge in [-0.3, -0.25) is 4.79 Å². The molecule has 1 aliphatic heterocycles. The van der Waals surface area contributed by atoms with Crippen LogP contribution in [0.1, 0.15) is 44.9 Å². The van der Waals surface area contributed by atoms with E-state index in [1.165, 1.54) is 18.4 Å². The Balaban J connectivity index is 1.45. The highest BCUT2D eigenvalue weighted by molar-refractivity contribution is 5.78. The van der Waals surface area contributed by atoms with Crippen molar-refractivity contribution >= 4 is 11.7 Å². The minimum atomic E-state index is 0.297. The molecule has 2 heterocycles. The highest BCUT2D eigenvalue weighted by Gasteiger charge is 2.23. The van der Waals surface area contributed by atoms with E-state index in [-0.39, 0.29) is 0 Å². The highest BCUT2D eigenvalue weighted by Crippen LogP contribution is 2.22. The van der Waals surface area contributed by atoms with E-state index in [1.807, 2.05) is 17.0 Å². The van der Waals surface area contributed by atoms with Gasteiger partial charge in [0.15, 0.2) is 0 Å². The van der Waals surface area contributed by atoms with E-state index < -0.39 is 0 Å². The maximum atomic E-state index is 12.4. The minimum absolute atomic E-state index is 0.297. The molecule has 1 aromatic rings. The fraction of sp³-hybridized carbons (Fsp3) is 0.588. The Morgan fingerprint density at radius 3 is 2.86 bits per heavy atom. The summed E-state index contributed by atoms with van der Waals surface area (Å²) in [5, 5.41) is 11.3. The summed E-state index contributed by atoms with van der Waals surface area (Å²) in [6, 6.07) is 4.20. The second-order valence-corrected chi connectivity index (χ2v) is 6.19. The van der Waals surface area contributed by atoms with Gasteiger partial charge in [0, 0.05) is 31.7 Å². The van der Waals surface area contributed by atoms with Gasteiger partial charge in [-0.2, -0.15) is 5.10 Å². The third kappa shape index (κ3) is 4.06. The Bertz CT molecular complexity index is 521. The van der Waals surface area contributed by atoms with Crippen molar-refractivity contribution in [2.24, 2.45) is 0 Å². The summed E-state index contributed by atoms with van der Waals surface area (Å²) in [5.74, 6) is 1.12. The topological polar surface area (TPSA) is 58.1 Å². The van der Waals surface area contributed by atoms with Crippen LogP contribution in [0.15, 0.2) is 30.0 Å². The first-order valence-electron chi connectivity index (χ1n) is 8.31. The van der Waals surface area contributed by atoms with Gasteiger partial charge in [0.25, 0.3) is 0 Å². The maximum Gasteiger partial charge on any atom is 0.226 e. The van der Waals surface area contributed by atoms with E-state index in [1.54, 1.807) is 6.20 Å². The van der Waals surface area contributed by atoms with Crippen LogP contribution >= 0.6 is 0 Å². The van der Waals surface area contributed by atoms with Crippen molar-refractivity contribution < 1.29 is 4.79 Å². The molecule has 3 rings (SSSR count). The van der Waals surface area contributed by atoms with Crippen LogP contribution in [0.2, 0.25) is 0 Å². The predicted molar refractivity (Wildman–Crippen MR) is 86.4 cm³/mol. The second kappa shape index (κ2) is 7.38. The standard InChI is InChI=1S/C17H24N4O/c22-17(13-14-5-2-1-3-6-14)21-11-8-15(9-12-21)19-16-7-4-10-18-20-16/h4-5,7,10,15H,1-3,6,8-9,11-13H2,(H,19,20). The normalized spacial score (nSPS) is 19.6. The Morgan fingerprint density at radius 2 is 2.18 bits per heavy atom. The predicted octanol–water partition coefficient (Wildman–Crippen LogP) is 2.77. The van der Waals surface area contributed by atoms with Crippen LogP contribution in [-0.2, 0) is 4.79 Å². The molecule has 0 bridgehead atoms. The average molecular weight is 300 g/mol.